The Morgan fingerprint density at radius 1 is 1.00 bits per heavy atom. The van der Waals surface area contributed by atoms with Crippen molar-refractivity contribution in [1.29, 1.82) is 0 Å². The van der Waals surface area contributed by atoms with Crippen molar-refractivity contribution in [3.05, 3.63) is 29.8 Å². The summed E-state index contributed by atoms with van der Waals surface area (Å²) in [5.74, 6) is 0.0287. The Balaban J connectivity index is 1.70. The number of carbonyl (C=O) groups excluding carboxylic acids is 3. The van der Waals surface area contributed by atoms with Crippen molar-refractivity contribution in [2.45, 2.75) is 65.3 Å². The van der Waals surface area contributed by atoms with E-state index >= 15 is 0 Å². The molecule has 0 radical (unpaired) electrons. The fourth-order valence-corrected chi connectivity index (χ4v) is 4.22. The molecule has 1 aromatic rings. The van der Waals surface area contributed by atoms with Crippen LogP contribution >= 0.6 is 0 Å². The van der Waals surface area contributed by atoms with Gasteiger partial charge in [0, 0.05) is 24.4 Å². The lowest BCUT2D eigenvalue weighted by atomic mass is 9.69. The predicted octanol–water partition coefficient (Wildman–Crippen LogP) is 3.67. The van der Waals surface area contributed by atoms with Gasteiger partial charge < -0.3 is 5.32 Å². The molecule has 5 nitrogen and oxygen atoms in total. The zero-order chi connectivity index (χ0) is 18.9. The smallest absolute Gasteiger partial charge is 0.251 e. The van der Waals surface area contributed by atoms with Crippen LogP contribution in [0.1, 0.15) is 69.7 Å². The summed E-state index contributed by atoms with van der Waals surface area (Å²) in [6.07, 6.45) is 5.06. The standard InChI is InChI=1S/C21H28N2O3/c1-21(2,3)16-6-4-5-7-17(16)22-20(26)14-8-10-15(11-9-14)23-18(24)12-13-19(23)25/h8-11,16-17H,4-7,12-13H2,1-3H3,(H,22,26)/t16-,17-/m1/s1. The van der Waals surface area contributed by atoms with Crippen LogP contribution in [-0.2, 0) is 9.59 Å². The van der Waals surface area contributed by atoms with Gasteiger partial charge in [-0.3, -0.25) is 19.3 Å². The number of imide groups is 1. The minimum Gasteiger partial charge on any atom is -0.349 e. The van der Waals surface area contributed by atoms with Gasteiger partial charge in [0.1, 0.15) is 0 Å². The first-order chi connectivity index (χ1) is 12.3. The van der Waals surface area contributed by atoms with E-state index in [0.717, 1.165) is 19.3 Å². The normalized spacial score (nSPS) is 24.0. The molecule has 140 valence electrons. The highest BCUT2D eigenvalue weighted by Crippen LogP contribution is 2.38. The van der Waals surface area contributed by atoms with Crippen molar-refractivity contribution < 1.29 is 14.4 Å². The number of nitrogens with one attached hydrogen (secondary N) is 1. The topological polar surface area (TPSA) is 66.5 Å². The summed E-state index contributed by atoms with van der Waals surface area (Å²) in [5.41, 5.74) is 1.27. The maximum absolute atomic E-state index is 12.7. The third-order valence-electron chi connectivity index (χ3n) is 5.63. The van der Waals surface area contributed by atoms with Gasteiger partial charge >= 0.3 is 0 Å². The molecule has 3 amide bonds. The van der Waals surface area contributed by atoms with Crippen molar-refractivity contribution >= 4 is 23.4 Å². The van der Waals surface area contributed by atoms with E-state index in [1.165, 1.54) is 11.3 Å². The van der Waals surface area contributed by atoms with Gasteiger partial charge in [-0.1, -0.05) is 33.6 Å². The van der Waals surface area contributed by atoms with Crippen LogP contribution in [0.15, 0.2) is 24.3 Å². The molecule has 0 aromatic heterocycles. The van der Waals surface area contributed by atoms with Crippen LogP contribution in [0.5, 0.6) is 0 Å². The molecule has 3 rings (SSSR count). The summed E-state index contributed by atoms with van der Waals surface area (Å²) >= 11 is 0. The molecule has 0 spiro atoms. The second kappa shape index (κ2) is 7.22. The number of hydrogen-bond donors (Lipinski definition) is 1. The Kier molecular flexibility index (Phi) is 5.17. The van der Waals surface area contributed by atoms with E-state index in [9.17, 15) is 14.4 Å². The van der Waals surface area contributed by atoms with E-state index in [0.29, 0.717) is 17.2 Å². The SMILES string of the molecule is CC(C)(C)[C@@H]1CCCC[C@H]1NC(=O)c1ccc(N2C(=O)CCC2=O)cc1. The third kappa shape index (κ3) is 3.81. The fraction of sp³-hybridized carbons (Fsp3) is 0.571. The second-order valence-electron chi connectivity index (χ2n) is 8.51. The van der Waals surface area contributed by atoms with E-state index in [2.05, 4.69) is 26.1 Å². The molecule has 1 aliphatic carbocycles. The zero-order valence-corrected chi connectivity index (χ0v) is 15.9. The van der Waals surface area contributed by atoms with Crippen LogP contribution in [0.4, 0.5) is 5.69 Å². The molecular weight excluding hydrogens is 328 g/mol. The molecular formula is C21H28N2O3. The first-order valence-corrected chi connectivity index (χ1v) is 9.54. The van der Waals surface area contributed by atoms with Crippen molar-refractivity contribution in [2.75, 3.05) is 4.90 Å². The summed E-state index contributed by atoms with van der Waals surface area (Å²) in [5, 5.41) is 3.21. The Hall–Kier alpha value is -2.17. The number of hydrogen-bond acceptors (Lipinski definition) is 3. The number of carbonyl (C=O) groups is 3. The molecule has 1 aliphatic heterocycles. The first-order valence-electron chi connectivity index (χ1n) is 9.54. The molecule has 1 aromatic carbocycles. The number of amides is 3. The van der Waals surface area contributed by atoms with Gasteiger partial charge in [0.15, 0.2) is 0 Å². The van der Waals surface area contributed by atoms with Gasteiger partial charge in [0.25, 0.3) is 5.91 Å². The first kappa shape index (κ1) is 18.6. The molecule has 1 saturated heterocycles. The van der Waals surface area contributed by atoms with E-state index in [4.69, 9.17) is 0 Å². The minimum absolute atomic E-state index is 0.0863. The van der Waals surface area contributed by atoms with Gasteiger partial charge in [0.2, 0.25) is 11.8 Å². The van der Waals surface area contributed by atoms with Crippen LogP contribution < -0.4 is 10.2 Å². The fourth-order valence-electron chi connectivity index (χ4n) is 4.22. The molecule has 2 fully saturated rings. The summed E-state index contributed by atoms with van der Waals surface area (Å²) in [4.78, 5) is 37.5. The molecule has 1 heterocycles. The van der Waals surface area contributed by atoms with Crippen LogP contribution in [0.2, 0.25) is 0 Å². The third-order valence-corrected chi connectivity index (χ3v) is 5.63. The number of anilines is 1. The lowest BCUT2D eigenvalue weighted by Crippen LogP contribution is -2.46. The minimum atomic E-state index is -0.178. The molecule has 1 N–H and O–H groups in total. The monoisotopic (exact) mass is 356 g/mol. The second-order valence-corrected chi connectivity index (χ2v) is 8.51. The number of nitrogens with zero attached hydrogens (tertiary/aromatic N) is 1. The molecule has 2 atom stereocenters. The van der Waals surface area contributed by atoms with Gasteiger partial charge in [-0.05, 0) is 48.4 Å². The summed E-state index contributed by atoms with van der Waals surface area (Å²) in [6.45, 7) is 6.71. The maximum Gasteiger partial charge on any atom is 0.251 e. The van der Waals surface area contributed by atoms with Crippen LogP contribution in [0.25, 0.3) is 0 Å². The van der Waals surface area contributed by atoms with Crippen LogP contribution in [-0.4, -0.2) is 23.8 Å². The van der Waals surface area contributed by atoms with Gasteiger partial charge in [-0.2, -0.15) is 0 Å². The molecule has 5 heteroatoms. The van der Waals surface area contributed by atoms with E-state index in [1.807, 2.05) is 0 Å². The van der Waals surface area contributed by atoms with Crippen molar-refractivity contribution in [3.8, 4) is 0 Å². The van der Waals surface area contributed by atoms with Crippen molar-refractivity contribution in [2.24, 2.45) is 11.3 Å². The average Bonchev–Trinajstić information content (AvgIpc) is 2.93. The Morgan fingerprint density at radius 2 is 1.58 bits per heavy atom. The summed E-state index contributed by atoms with van der Waals surface area (Å²) < 4.78 is 0. The van der Waals surface area contributed by atoms with Gasteiger partial charge in [-0.25, -0.2) is 0 Å². The lowest BCUT2D eigenvalue weighted by Gasteiger charge is -2.40. The molecule has 2 aliphatic rings. The van der Waals surface area contributed by atoms with Crippen LogP contribution in [0.3, 0.4) is 0 Å². The highest BCUT2D eigenvalue weighted by Gasteiger charge is 2.35. The largest absolute Gasteiger partial charge is 0.349 e. The maximum atomic E-state index is 12.7. The Bertz CT molecular complexity index is 687. The highest BCUT2D eigenvalue weighted by atomic mass is 16.2. The summed E-state index contributed by atoms with van der Waals surface area (Å²) in [7, 11) is 0. The molecule has 0 bridgehead atoms. The number of rotatable bonds is 3. The van der Waals surface area contributed by atoms with E-state index in [-0.39, 0.29) is 42.0 Å². The average molecular weight is 356 g/mol. The van der Waals surface area contributed by atoms with Gasteiger partial charge in [0.05, 0.1) is 5.69 Å². The predicted molar refractivity (Wildman–Crippen MR) is 101 cm³/mol. The lowest BCUT2D eigenvalue weighted by molar-refractivity contribution is -0.121. The van der Waals surface area contributed by atoms with Crippen molar-refractivity contribution in [3.63, 3.8) is 0 Å². The summed E-state index contributed by atoms with van der Waals surface area (Å²) in [6, 6.07) is 6.94. The van der Waals surface area contributed by atoms with E-state index < -0.39 is 0 Å². The van der Waals surface area contributed by atoms with E-state index in [1.54, 1.807) is 24.3 Å². The quantitative estimate of drug-likeness (QED) is 0.840. The van der Waals surface area contributed by atoms with Gasteiger partial charge in [-0.15, -0.1) is 0 Å². The van der Waals surface area contributed by atoms with Crippen molar-refractivity contribution in [1.82, 2.24) is 5.32 Å². The Morgan fingerprint density at radius 3 is 2.15 bits per heavy atom. The molecule has 0 unspecified atom stereocenters. The zero-order valence-electron chi connectivity index (χ0n) is 15.9. The highest BCUT2D eigenvalue weighted by molar-refractivity contribution is 6.19. The number of benzene rings is 1. The molecule has 1 saturated carbocycles. The Labute approximate surface area is 155 Å². The van der Waals surface area contributed by atoms with Crippen LogP contribution in [0, 0.1) is 11.3 Å². The molecule has 26 heavy (non-hydrogen) atoms.